The molecule has 0 saturated heterocycles. The Kier molecular flexibility index (Phi) is 4.76. The first-order chi connectivity index (χ1) is 7.64. The van der Waals surface area contributed by atoms with Crippen molar-refractivity contribution < 1.29 is 13.2 Å². The molecule has 1 aromatic rings. The van der Waals surface area contributed by atoms with Gasteiger partial charge in [0.2, 0.25) is 10.0 Å². The average molecular weight is 240 g/mol. The van der Waals surface area contributed by atoms with E-state index in [1.54, 1.807) is 18.2 Å². The highest BCUT2D eigenvalue weighted by atomic mass is 32.2. The van der Waals surface area contributed by atoms with Gasteiger partial charge in [-0.15, -0.1) is 0 Å². The predicted molar refractivity (Wildman–Crippen MR) is 59.3 cm³/mol. The SMILES string of the molecule is N#CCS(=O)(=O)NCCOc1ccccc1. The van der Waals surface area contributed by atoms with Gasteiger partial charge in [0.15, 0.2) is 5.75 Å². The summed E-state index contributed by atoms with van der Waals surface area (Å²) in [7, 11) is -3.48. The first-order valence-corrected chi connectivity index (χ1v) is 6.31. The number of benzene rings is 1. The van der Waals surface area contributed by atoms with Gasteiger partial charge in [0.1, 0.15) is 12.4 Å². The molecule has 0 heterocycles. The summed E-state index contributed by atoms with van der Waals surface area (Å²) < 4.78 is 29.6. The molecule has 0 bridgehead atoms. The van der Waals surface area contributed by atoms with Gasteiger partial charge in [0, 0.05) is 6.54 Å². The Morgan fingerprint density at radius 3 is 2.62 bits per heavy atom. The minimum Gasteiger partial charge on any atom is -0.492 e. The number of hydrogen-bond donors (Lipinski definition) is 1. The van der Waals surface area contributed by atoms with Crippen LogP contribution >= 0.6 is 0 Å². The van der Waals surface area contributed by atoms with Crippen LogP contribution in [0, 0.1) is 11.3 Å². The molecule has 0 aliphatic rings. The summed E-state index contributed by atoms with van der Waals surface area (Å²) in [4.78, 5) is 0. The van der Waals surface area contributed by atoms with Gasteiger partial charge in [-0.25, -0.2) is 13.1 Å². The van der Waals surface area contributed by atoms with Gasteiger partial charge in [-0.05, 0) is 12.1 Å². The Balaban J connectivity index is 2.26. The molecule has 5 nitrogen and oxygen atoms in total. The van der Waals surface area contributed by atoms with Crippen LogP contribution in [0.1, 0.15) is 0 Å². The molecule has 86 valence electrons. The van der Waals surface area contributed by atoms with Crippen molar-refractivity contribution in [3.63, 3.8) is 0 Å². The molecule has 0 unspecified atom stereocenters. The molecule has 0 spiro atoms. The van der Waals surface area contributed by atoms with E-state index in [0.717, 1.165) is 0 Å². The number of para-hydroxylation sites is 1. The molecule has 0 radical (unpaired) electrons. The van der Waals surface area contributed by atoms with E-state index in [-0.39, 0.29) is 13.2 Å². The molecule has 1 rings (SSSR count). The fourth-order valence-electron chi connectivity index (χ4n) is 1.02. The quantitative estimate of drug-likeness (QED) is 0.735. The monoisotopic (exact) mass is 240 g/mol. The second-order valence-electron chi connectivity index (χ2n) is 2.97. The summed E-state index contributed by atoms with van der Waals surface area (Å²) >= 11 is 0. The van der Waals surface area contributed by atoms with Crippen LogP contribution in [0.2, 0.25) is 0 Å². The van der Waals surface area contributed by atoms with Crippen LogP contribution in [0.5, 0.6) is 5.75 Å². The number of hydrogen-bond acceptors (Lipinski definition) is 4. The van der Waals surface area contributed by atoms with Crippen LogP contribution in [0.4, 0.5) is 0 Å². The molecular formula is C10H12N2O3S. The Morgan fingerprint density at radius 1 is 1.31 bits per heavy atom. The normalized spacial score (nSPS) is 10.7. The van der Waals surface area contributed by atoms with E-state index in [0.29, 0.717) is 5.75 Å². The molecule has 0 aliphatic heterocycles. The van der Waals surface area contributed by atoms with Crippen LogP contribution in [0.15, 0.2) is 30.3 Å². The predicted octanol–water partition coefficient (Wildman–Crippen LogP) is 0.508. The number of ether oxygens (including phenoxy) is 1. The Hall–Kier alpha value is -1.58. The summed E-state index contributed by atoms with van der Waals surface area (Å²) in [5.41, 5.74) is 0. The zero-order valence-corrected chi connectivity index (χ0v) is 9.40. The third-order valence-corrected chi connectivity index (χ3v) is 2.84. The molecular weight excluding hydrogens is 228 g/mol. The highest BCUT2D eigenvalue weighted by Crippen LogP contribution is 2.07. The number of nitriles is 1. The lowest BCUT2D eigenvalue weighted by Gasteiger charge is -2.06. The minimum absolute atomic E-state index is 0.152. The van der Waals surface area contributed by atoms with Crippen molar-refractivity contribution in [1.82, 2.24) is 4.72 Å². The molecule has 0 aromatic heterocycles. The van der Waals surface area contributed by atoms with E-state index in [4.69, 9.17) is 10.00 Å². The summed E-state index contributed by atoms with van der Waals surface area (Å²) in [5, 5.41) is 8.24. The standard InChI is InChI=1S/C10H12N2O3S/c11-6-9-16(13,14)12-7-8-15-10-4-2-1-3-5-10/h1-5,12H,7-9H2. The van der Waals surface area contributed by atoms with Gasteiger partial charge in [-0.3, -0.25) is 0 Å². The van der Waals surface area contributed by atoms with E-state index >= 15 is 0 Å². The maximum atomic E-state index is 11.1. The van der Waals surface area contributed by atoms with E-state index in [2.05, 4.69) is 4.72 Å². The summed E-state index contributed by atoms with van der Waals surface area (Å²) in [5.74, 6) is 0.153. The van der Waals surface area contributed by atoms with E-state index in [1.807, 2.05) is 18.2 Å². The van der Waals surface area contributed by atoms with E-state index in [1.165, 1.54) is 0 Å². The van der Waals surface area contributed by atoms with Gasteiger partial charge in [0.05, 0.1) is 6.07 Å². The highest BCUT2D eigenvalue weighted by molar-refractivity contribution is 7.89. The van der Waals surface area contributed by atoms with Crippen LogP contribution in [-0.2, 0) is 10.0 Å². The Bertz CT molecular complexity index is 451. The van der Waals surface area contributed by atoms with Gasteiger partial charge in [-0.2, -0.15) is 5.26 Å². The lowest BCUT2D eigenvalue weighted by molar-refractivity contribution is 0.323. The average Bonchev–Trinajstić information content (AvgIpc) is 2.26. The van der Waals surface area contributed by atoms with Gasteiger partial charge < -0.3 is 4.74 Å². The Labute approximate surface area is 94.7 Å². The molecule has 0 saturated carbocycles. The molecule has 0 amide bonds. The van der Waals surface area contributed by atoms with Gasteiger partial charge in [0.25, 0.3) is 0 Å². The van der Waals surface area contributed by atoms with Gasteiger partial charge in [-0.1, -0.05) is 18.2 Å². The van der Waals surface area contributed by atoms with Crippen molar-refractivity contribution in [3.8, 4) is 11.8 Å². The third kappa shape index (κ3) is 4.77. The zero-order valence-electron chi connectivity index (χ0n) is 8.59. The second kappa shape index (κ2) is 6.10. The molecule has 16 heavy (non-hydrogen) atoms. The second-order valence-corrected chi connectivity index (χ2v) is 4.78. The zero-order chi connectivity index (χ0) is 11.9. The van der Waals surface area contributed by atoms with Crippen LogP contribution < -0.4 is 9.46 Å². The maximum Gasteiger partial charge on any atom is 0.225 e. The van der Waals surface area contributed by atoms with Crippen molar-refractivity contribution in [3.05, 3.63) is 30.3 Å². The first kappa shape index (κ1) is 12.5. The van der Waals surface area contributed by atoms with Crippen LogP contribution in [0.3, 0.4) is 0 Å². The fraction of sp³-hybridized carbons (Fsp3) is 0.300. The molecule has 6 heteroatoms. The smallest absolute Gasteiger partial charge is 0.225 e. The number of nitrogens with zero attached hydrogens (tertiary/aromatic N) is 1. The molecule has 0 fully saturated rings. The third-order valence-electron chi connectivity index (χ3n) is 1.69. The topological polar surface area (TPSA) is 79.2 Å². The van der Waals surface area contributed by atoms with Crippen LogP contribution in [0.25, 0.3) is 0 Å². The maximum absolute atomic E-state index is 11.1. The van der Waals surface area contributed by atoms with Crippen LogP contribution in [-0.4, -0.2) is 27.3 Å². The Morgan fingerprint density at radius 2 is 2.00 bits per heavy atom. The van der Waals surface area contributed by atoms with E-state index < -0.39 is 15.8 Å². The summed E-state index contributed by atoms with van der Waals surface area (Å²) in [6.45, 7) is 0.383. The van der Waals surface area contributed by atoms with Crippen molar-refractivity contribution in [2.75, 3.05) is 18.9 Å². The molecule has 0 aliphatic carbocycles. The molecule has 1 aromatic carbocycles. The fourth-order valence-corrected chi connectivity index (χ4v) is 1.69. The van der Waals surface area contributed by atoms with Crippen molar-refractivity contribution >= 4 is 10.0 Å². The van der Waals surface area contributed by atoms with E-state index in [9.17, 15) is 8.42 Å². The van der Waals surface area contributed by atoms with Crippen molar-refractivity contribution in [1.29, 1.82) is 5.26 Å². The number of sulfonamides is 1. The first-order valence-electron chi connectivity index (χ1n) is 4.66. The molecule has 1 N–H and O–H groups in total. The minimum atomic E-state index is -3.48. The molecule has 0 atom stereocenters. The number of rotatable bonds is 6. The summed E-state index contributed by atoms with van der Waals surface area (Å²) in [6.07, 6.45) is 0. The van der Waals surface area contributed by atoms with Crippen molar-refractivity contribution in [2.45, 2.75) is 0 Å². The van der Waals surface area contributed by atoms with Crippen molar-refractivity contribution in [2.24, 2.45) is 0 Å². The summed E-state index contributed by atoms with van der Waals surface area (Å²) in [6, 6.07) is 10.7. The highest BCUT2D eigenvalue weighted by Gasteiger charge is 2.07. The lowest BCUT2D eigenvalue weighted by atomic mass is 10.3. The largest absolute Gasteiger partial charge is 0.492 e. The number of nitrogens with one attached hydrogen (secondary N) is 1. The lowest BCUT2D eigenvalue weighted by Crippen LogP contribution is -2.29. The van der Waals surface area contributed by atoms with Gasteiger partial charge >= 0.3 is 0 Å².